The average Bonchev–Trinajstić information content (AvgIpc) is 3.13. The fraction of sp³-hybridized carbons (Fsp3) is 0.360. The summed E-state index contributed by atoms with van der Waals surface area (Å²) in [5.41, 5.74) is 2.43. The van der Waals surface area contributed by atoms with Gasteiger partial charge in [0.25, 0.3) is 5.91 Å². The smallest absolute Gasteiger partial charge is 0.314 e. The normalized spacial score (nSPS) is 23.8. The minimum absolute atomic E-state index is 0.00568. The van der Waals surface area contributed by atoms with Crippen LogP contribution in [0.2, 0.25) is 0 Å². The fourth-order valence-corrected chi connectivity index (χ4v) is 5.72. The predicted octanol–water partition coefficient (Wildman–Crippen LogP) is 3.96. The molecular weight excluding hydrogens is 390 g/mol. The summed E-state index contributed by atoms with van der Waals surface area (Å²) in [5, 5.41) is 0.816. The monoisotopic (exact) mass is 415 g/mol. The summed E-state index contributed by atoms with van der Waals surface area (Å²) in [6, 6.07) is 13.3. The van der Waals surface area contributed by atoms with Crippen LogP contribution in [0.25, 0.3) is 22.2 Å². The lowest BCUT2D eigenvalue weighted by atomic mass is 9.48. The van der Waals surface area contributed by atoms with Crippen LogP contribution in [0.15, 0.2) is 54.9 Å². The molecule has 3 heterocycles. The molecule has 2 atom stereocenters. The maximum Gasteiger partial charge on any atom is 0.314 e. The van der Waals surface area contributed by atoms with Crippen LogP contribution in [0.4, 0.5) is 0 Å². The summed E-state index contributed by atoms with van der Waals surface area (Å²) in [6.07, 6.45) is 4.17. The molecule has 1 saturated carbocycles. The first kappa shape index (κ1) is 19.7. The Labute approximate surface area is 181 Å². The van der Waals surface area contributed by atoms with E-state index in [1.54, 1.807) is 12.4 Å². The van der Waals surface area contributed by atoms with E-state index in [4.69, 9.17) is 9.72 Å². The zero-order chi connectivity index (χ0) is 21.8. The van der Waals surface area contributed by atoms with Crippen LogP contribution in [-0.2, 0) is 9.53 Å². The Balaban J connectivity index is 1.57. The van der Waals surface area contributed by atoms with Gasteiger partial charge in [-0.15, -0.1) is 0 Å². The van der Waals surface area contributed by atoms with Crippen molar-refractivity contribution in [2.45, 2.75) is 20.3 Å². The van der Waals surface area contributed by atoms with Gasteiger partial charge in [0.2, 0.25) is 0 Å². The van der Waals surface area contributed by atoms with Crippen molar-refractivity contribution in [2.75, 3.05) is 20.2 Å². The molecule has 5 rings (SSSR count). The van der Waals surface area contributed by atoms with Gasteiger partial charge >= 0.3 is 5.97 Å². The summed E-state index contributed by atoms with van der Waals surface area (Å²) in [6.45, 7) is 5.28. The zero-order valence-corrected chi connectivity index (χ0v) is 18.0. The van der Waals surface area contributed by atoms with Crippen LogP contribution in [0.1, 0.15) is 30.6 Å². The Kier molecular flexibility index (Phi) is 4.36. The first-order chi connectivity index (χ1) is 14.9. The van der Waals surface area contributed by atoms with Gasteiger partial charge in [0.05, 0.1) is 29.3 Å². The van der Waals surface area contributed by atoms with Crippen molar-refractivity contribution in [3.05, 3.63) is 60.4 Å². The molecular formula is C25H25N3O3. The molecule has 0 radical (unpaired) electrons. The average molecular weight is 415 g/mol. The van der Waals surface area contributed by atoms with Crippen LogP contribution < -0.4 is 0 Å². The van der Waals surface area contributed by atoms with Crippen LogP contribution in [-0.4, -0.2) is 46.9 Å². The van der Waals surface area contributed by atoms with Gasteiger partial charge in [-0.1, -0.05) is 32.0 Å². The Bertz CT molecular complexity index is 1190. The van der Waals surface area contributed by atoms with E-state index < -0.39 is 5.41 Å². The van der Waals surface area contributed by atoms with E-state index in [0.717, 1.165) is 28.6 Å². The third-order valence-corrected chi connectivity index (χ3v) is 7.06. The van der Waals surface area contributed by atoms with Crippen LogP contribution >= 0.6 is 0 Å². The Morgan fingerprint density at radius 1 is 1.13 bits per heavy atom. The second-order valence-corrected chi connectivity index (χ2v) is 9.36. The quantitative estimate of drug-likeness (QED) is 0.606. The first-order valence-electron chi connectivity index (χ1n) is 10.5. The molecule has 2 aliphatic rings. The number of methoxy groups -OCH3 is 1. The predicted molar refractivity (Wildman–Crippen MR) is 117 cm³/mol. The maximum atomic E-state index is 13.8. The van der Waals surface area contributed by atoms with Gasteiger partial charge in [-0.3, -0.25) is 14.6 Å². The molecule has 0 N–H and O–H groups in total. The Morgan fingerprint density at radius 3 is 2.58 bits per heavy atom. The fourth-order valence-electron chi connectivity index (χ4n) is 5.72. The second kappa shape index (κ2) is 6.87. The summed E-state index contributed by atoms with van der Waals surface area (Å²) in [5.74, 6) is -0.171. The van der Waals surface area contributed by atoms with E-state index in [-0.39, 0.29) is 23.2 Å². The molecule has 0 unspecified atom stereocenters. The Morgan fingerprint density at radius 2 is 1.87 bits per heavy atom. The number of carbonyl (C=O) groups excluding carboxylic acids is 2. The molecule has 3 aromatic rings. The molecule has 0 spiro atoms. The van der Waals surface area contributed by atoms with E-state index in [0.29, 0.717) is 18.7 Å². The number of fused-ring (bicyclic) bond motifs is 2. The number of aromatic nitrogens is 2. The van der Waals surface area contributed by atoms with Gasteiger partial charge in [-0.25, -0.2) is 4.98 Å². The largest absolute Gasteiger partial charge is 0.469 e. The zero-order valence-electron chi connectivity index (χ0n) is 18.0. The number of likely N-dealkylation sites (tertiary alicyclic amines) is 1. The molecule has 1 aliphatic heterocycles. The highest BCUT2D eigenvalue weighted by Crippen LogP contribution is 2.63. The van der Waals surface area contributed by atoms with Gasteiger partial charge in [0, 0.05) is 36.4 Å². The number of amides is 1. The number of rotatable bonds is 3. The van der Waals surface area contributed by atoms with Crippen LogP contribution in [0.5, 0.6) is 0 Å². The van der Waals surface area contributed by atoms with Crippen molar-refractivity contribution in [3.63, 3.8) is 0 Å². The van der Waals surface area contributed by atoms with Crippen LogP contribution in [0.3, 0.4) is 0 Å². The standard InChI is InChI=1S/C25H25N3O3/c1-24(2)14-25(23(30)31-3)15-28(13-21(24)25)22(29)18-12-20(16-8-10-26-11-9-16)27-19-7-5-4-6-17(18)19/h4-12,21H,13-15H2,1-3H3/t21-,25+/m1/s1. The van der Waals surface area contributed by atoms with Crippen molar-refractivity contribution in [1.29, 1.82) is 0 Å². The maximum absolute atomic E-state index is 13.8. The number of ether oxygens (including phenoxy) is 1. The number of hydrogen-bond donors (Lipinski definition) is 0. The molecule has 31 heavy (non-hydrogen) atoms. The molecule has 2 fully saturated rings. The lowest BCUT2D eigenvalue weighted by Crippen LogP contribution is -2.57. The lowest BCUT2D eigenvalue weighted by molar-refractivity contribution is -0.174. The number of benzene rings is 1. The Hall–Kier alpha value is -3.28. The van der Waals surface area contributed by atoms with Gasteiger partial charge < -0.3 is 9.64 Å². The molecule has 1 aliphatic carbocycles. The van der Waals surface area contributed by atoms with Crippen molar-refractivity contribution in [3.8, 4) is 11.3 Å². The number of nitrogens with zero attached hydrogens (tertiary/aromatic N) is 3. The summed E-state index contributed by atoms with van der Waals surface area (Å²) in [4.78, 5) is 37.1. The lowest BCUT2D eigenvalue weighted by Gasteiger charge is -2.54. The van der Waals surface area contributed by atoms with E-state index in [1.165, 1.54) is 7.11 Å². The number of pyridine rings is 2. The molecule has 6 heteroatoms. The number of carbonyl (C=O) groups is 2. The topological polar surface area (TPSA) is 72.4 Å². The van der Waals surface area contributed by atoms with E-state index in [9.17, 15) is 9.59 Å². The molecule has 2 aromatic heterocycles. The minimum Gasteiger partial charge on any atom is -0.469 e. The van der Waals surface area contributed by atoms with Gasteiger partial charge in [0.1, 0.15) is 0 Å². The van der Waals surface area contributed by atoms with Crippen LogP contribution in [0, 0.1) is 16.7 Å². The third-order valence-electron chi connectivity index (χ3n) is 7.06. The molecule has 1 saturated heterocycles. The first-order valence-corrected chi connectivity index (χ1v) is 10.5. The third kappa shape index (κ3) is 2.92. The molecule has 1 aromatic carbocycles. The summed E-state index contributed by atoms with van der Waals surface area (Å²) >= 11 is 0. The molecule has 6 nitrogen and oxygen atoms in total. The van der Waals surface area contributed by atoms with Gasteiger partial charge in [-0.05, 0) is 42.0 Å². The van der Waals surface area contributed by atoms with Crippen molar-refractivity contribution < 1.29 is 14.3 Å². The highest BCUT2D eigenvalue weighted by atomic mass is 16.5. The highest BCUT2D eigenvalue weighted by Gasteiger charge is 2.68. The molecule has 1 amide bonds. The number of hydrogen-bond acceptors (Lipinski definition) is 5. The van der Waals surface area contributed by atoms with Gasteiger partial charge in [0.15, 0.2) is 0 Å². The van der Waals surface area contributed by atoms with Crippen molar-refractivity contribution >= 4 is 22.8 Å². The van der Waals surface area contributed by atoms with Crippen molar-refractivity contribution in [2.24, 2.45) is 16.7 Å². The highest BCUT2D eigenvalue weighted by molar-refractivity contribution is 6.07. The van der Waals surface area contributed by atoms with Gasteiger partial charge in [-0.2, -0.15) is 0 Å². The molecule has 158 valence electrons. The van der Waals surface area contributed by atoms with Crippen molar-refractivity contribution in [1.82, 2.24) is 14.9 Å². The summed E-state index contributed by atoms with van der Waals surface area (Å²) in [7, 11) is 1.43. The van der Waals surface area contributed by atoms with E-state index in [1.807, 2.05) is 47.4 Å². The summed E-state index contributed by atoms with van der Waals surface area (Å²) < 4.78 is 5.14. The number of para-hydroxylation sites is 1. The number of esters is 1. The SMILES string of the molecule is COC(=O)[C@@]12CN(C(=O)c3cc(-c4ccncc4)nc4ccccc34)C[C@@H]1C(C)(C)C2. The van der Waals surface area contributed by atoms with E-state index in [2.05, 4.69) is 18.8 Å². The minimum atomic E-state index is -0.593. The molecule has 0 bridgehead atoms. The second-order valence-electron chi connectivity index (χ2n) is 9.36. The van der Waals surface area contributed by atoms with E-state index >= 15 is 0 Å².